The molecule has 1 aromatic carbocycles. The number of hydrogen-bond acceptors (Lipinski definition) is 2. The molecule has 0 radical (unpaired) electrons. The highest BCUT2D eigenvalue weighted by Gasteiger charge is 2.11. The zero-order valence-electron chi connectivity index (χ0n) is 11.1. The number of hydrogen-bond donors (Lipinski definition) is 1. The van der Waals surface area contributed by atoms with Crippen LogP contribution in [-0.4, -0.2) is 35.5 Å². The summed E-state index contributed by atoms with van der Waals surface area (Å²) in [6, 6.07) is 6.87. The molecule has 0 aliphatic rings. The van der Waals surface area contributed by atoms with E-state index in [-0.39, 0.29) is 5.91 Å². The number of nitrogens with zero attached hydrogens (tertiary/aromatic N) is 1. The molecule has 0 saturated carbocycles. The van der Waals surface area contributed by atoms with Crippen molar-refractivity contribution in [1.29, 1.82) is 0 Å². The first-order valence-electron chi connectivity index (χ1n) is 6.22. The van der Waals surface area contributed by atoms with Crippen LogP contribution in [0.3, 0.4) is 0 Å². The van der Waals surface area contributed by atoms with Crippen molar-refractivity contribution in [3.8, 4) is 0 Å². The van der Waals surface area contributed by atoms with Crippen LogP contribution in [-0.2, 0) is 11.2 Å². The van der Waals surface area contributed by atoms with Crippen LogP contribution in [0.25, 0.3) is 0 Å². The molecule has 1 N–H and O–H groups in total. The van der Waals surface area contributed by atoms with Gasteiger partial charge >= 0.3 is 5.97 Å². The quantitative estimate of drug-likeness (QED) is 0.766. The van der Waals surface area contributed by atoms with Crippen molar-refractivity contribution in [2.45, 2.75) is 19.3 Å². The zero-order valence-corrected chi connectivity index (χ0v) is 11.1. The molecule has 0 aliphatic carbocycles. The fourth-order valence-corrected chi connectivity index (χ4v) is 1.78. The van der Waals surface area contributed by atoms with Gasteiger partial charge in [0.05, 0.1) is 5.56 Å². The van der Waals surface area contributed by atoms with Gasteiger partial charge in [-0.3, -0.25) is 4.79 Å². The average molecular weight is 261 g/mol. The molecule has 1 rings (SSSR count). The van der Waals surface area contributed by atoms with Crippen LogP contribution in [0.5, 0.6) is 0 Å². The predicted octanol–water partition coefficient (Wildman–Crippen LogP) is 2.35. The van der Waals surface area contributed by atoms with Gasteiger partial charge in [-0.15, -0.1) is 6.58 Å². The molecular weight excluding hydrogens is 242 g/mol. The number of likely N-dealkylation sites (N-methyl/N-ethyl adjacent to an activating group) is 1. The van der Waals surface area contributed by atoms with Crippen LogP contribution in [0.1, 0.15) is 28.8 Å². The summed E-state index contributed by atoms with van der Waals surface area (Å²) in [6.45, 7) is 4.09. The first kappa shape index (κ1) is 15.0. The molecule has 4 heteroatoms. The summed E-state index contributed by atoms with van der Waals surface area (Å²) in [5.41, 5.74) is 1.05. The molecule has 0 atom stereocenters. The molecule has 0 aliphatic heterocycles. The summed E-state index contributed by atoms with van der Waals surface area (Å²) in [7, 11) is 1.73. The number of benzene rings is 1. The lowest BCUT2D eigenvalue weighted by Gasteiger charge is -2.17. The van der Waals surface area contributed by atoms with Crippen molar-refractivity contribution < 1.29 is 14.7 Å². The van der Waals surface area contributed by atoms with Crippen LogP contribution in [0.15, 0.2) is 36.9 Å². The fourth-order valence-electron chi connectivity index (χ4n) is 1.78. The SMILES string of the molecule is C=CCCC(=O)N(C)CCc1ccccc1C(=O)O. The Kier molecular flexibility index (Phi) is 5.79. The minimum atomic E-state index is -0.934. The van der Waals surface area contributed by atoms with Gasteiger partial charge < -0.3 is 10.0 Å². The molecule has 0 bridgehead atoms. The van der Waals surface area contributed by atoms with E-state index >= 15 is 0 Å². The van der Waals surface area contributed by atoms with Gasteiger partial charge in [-0.1, -0.05) is 24.3 Å². The van der Waals surface area contributed by atoms with Crippen LogP contribution in [0.4, 0.5) is 0 Å². The topological polar surface area (TPSA) is 57.6 Å². The summed E-state index contributed by atoms with van der Waals surface area (Å²) in [5, 5.41) is 9.06. The number of amides is 1. The number of allylic oxidation sites excluding steroid dienone is 1. The van der Waals surface area contributed by atoms with Crippen LogP contribution >= 0.6 is 0 Å². The smallest absolute Gasteiger partial charge is 0.335 e. The Morgan fingerprint density at radius 2 is 2.05 bits per heavy atom. The maximum atomic E-state index is 11.7. The standard InChI is InChI=1S/C15H19NO3/c1-3-4-9-14(17)16(2)11-10-12-7-5-6-8-13(12)15(18)19/h3,5-8H,1,4,9-11H2,2H3,(H,18,19). The Morgan fingerprint density at radius 3 is 2.68 bits per heavy atom. The number of carbonyl (C=O) groups excluding carboxylic acids is 1. The predicted molar refractivity (Wildman–Crippen MR) is 74.2 cm³/mol. The lowest BCUT2D eigenvalue weighted by molar-refractivity contribution is -0.129. The summed E-state index contributed by atoms with van der Waals surface area (Å²) < 4.78 is 0. The third-order valence-electron chi connectivity index (χ3n) is 2.95. The summed E-state index contributed by atoms with van der Waals surface area (Å²) in [5.74, 6) is -0.885. The van der Waals surface area contributed by atoms with E-state index in [1.807, 2.05) is 0 Å². The largest absolute Gasteiger partial charge is 0.478 e. The number of aromatic carboxylic acids is 1. The Morgan fingerprint density at radius 1 is 1.37 bits per heavy atom. The van der Waals surface area contributed by atoms with Crippen LogP contribution < -0.4 is 0 Å². The average Bonchev–Trinajstić information content (AvgIpc) is 2.42. The minimum Gasteiger partial charge on any atom is -0.478 e. The van der Waals surface area contributed by atoms with Crippen molar-refractivity contribution in [3.05, 3.63) is 48.0 Å². The molecule has 0 fully saturated rings. The summed E-state index contributed by atoms with van der Waals surface area (Å²) >= 11 is 0. The highest BCUT2D eigenvalue weighted by molar-refractivity contribution is 5.89. The van der Waals surface area contributed by atoms with Gasteiger partial charge in [0.1, 0.15) is 0 Å². The van der Waals surface area contributed by atoms with Gasteiger partial charge in [0.25, 0.3) is 0 Å². The summed E-state index contributed by atoms with van der Waals surface area (Å²) in [6.07, 6.45) is 3.36. The maximum absolute atomic E-state index is 11.7. The highest BCUT2D eigenvalue weighted by Crippen LogP contribution is 2.10. The second kappa shape index (κ2) is 7.36. The van der Waals surface area contributed by atoms with Gasteiger partial charge in [-0.05, 0) is 24.5 Å². The van der Waals surface area contributed by atoms with Gasteiger partial charge in [0, 0.05) is 20.0 Å². The Labute approximate surface area is 113 Å². The normalized spacial score (nSPS) is 9.95. The second-order valence-corrected chi connectivity index (χ2v) is 4.35. The molecule has 4 nitrogen and oxygen atoms in total. The number of carboxylic acids is 1. The third-order valence-corrected chi connectivity index (χ3v) is 2.95. The zero-order chi connectivity index (χ0) is 14.3. The lowest BCUT2D eigenvalue weighted by Crippen LogP contribution is -2.28. The van der Waals surface area contributed by atoms with E-state index in [1.165, 1.54) is 0 Å². The van der Waals surface area contributed by atoms with E-state index in [4.69, 9.17) is 5.11 Å². The number of carboxylic acid groups (broad SMARTS) is 1. The van der Waals surface area contributed by atoms with Crippen molar-refractivity contribution >= 4 is 11.9 Å². The lowest BCUT2D eigenvalue weighted by atomic mass is 10.0. The van der Waals surface area contributed by atoms with E-state index < -0.39 is 5.97 Å². The molecule has 1 aromatic rings. The number of rotatable bonds is 7. The molecule has 0 spiro atoms. The molecule has 19 heavy (non-hydrogen) atoms. The fraction of sp³-hybridized carbons (Fsp3) is 0.333. The molecular formula is C15H19NO3. The molecule has 0 aromatic heterocycles. The Hall–Kier alpha value is -2.10. The monoisotopic (exact) mass is 261 g/mol. The van der Waals surface area contributed by atoms with Gasteiger partial charge in [0.2, 0.25) is 5.91 Å². The first-order valence-corrected chi connectivity index (χ1v) is 6.22. The maximum Gasteiger partial charge on any atom is 0.335 e. The van der Waals surface area contributed by atoms with E-state index in [0.717, 1.165) is 5.56 Å². The molecule has 102 valence electrons. The highest BCUT2D eigenvalue weighted by atomic mass is 16.4. The van der Waals surface area contributed by atoms with Crippen molar-refractivity contribution in [1.82, 2.24) is 4.90 Å². The van der Waals surface area contributed by atoms with Gasteiger partial charge in [-0.25, -0.2) is 4.79 Å². The van der Waals surface area contributed by atoms with Crippen LogP contribution in [0.2, 0.25) is 0 Å². The Bertz CT molecular complexity index is 468. The summed E-state index contributed by atoms with van der Waals surface area (Å²) in [4.78, 5) is 24.4. The van der Waals surface area contributed by atoms with Crippen molar-refractivity contribution in [2.24, 2.45) is 0 Å². The van der Waals surface area contributed by atoms with Gasteiger partial charge in [-0.2, -0.15) is 0 Å². The van der Waals surface area contributed by atoms with Crippen molar-refractivity contribution in [2.75, 3.05) is 13.6 Å². The minimum absolute atomic E-state index is 0.0488. The third kappa shape index (κ3) is 4.58. The molecule has 0 heterocycles. The molecule has 0 saturated heterocycles. The molecule has 0 unspecified atom stereocenters. The van der Waals surface area contributed by atoms with Gasteiger partial charge in [0.15, 0.2) is 0 Å². The van der Waals surface area contributed by atoms with E-state index in [2.05, 4.69) is 6.58 Å². The van der Waals surface area contributed by atoms with Crippen molar-refractivity contribution in [3.63, 3.8) is 0 Å². The van der Waals surface area contributed by atoms with Crippen LogP contribution in [0, 0.1) is 0 Å². The second-order valence-electron chi connectivity index (χ2n) is 4.35. The van der Waals surface area contributed by atoms with E-state index in [0.29, 0.717) is 31.4 Å². The van der Waals surface area contributed by atoms with E-state index in [9.17, 15) is 9.59 Å². The first-order chi connectivity index (χ1) is 9.06. The molecule has 1 amide bonds. The van der Waals surface area contributed by atoms with E-state index in [1.54, 1.807) is 42.3 Å². The Balaban J connectivity index is 2.59. The number of carbonyl (C=O) groups is 2.